The Bertz CT molecular complexity index is 551. The van der Waals surface area contributed by atoms with E-state index >= 15 is 0 Å². The highest BCUT2D eigenvalue weighted by molar-refractivity contribution is 9.10. The van der Waals surface area contributed by atoms with E-state index in [0.29, 0.717) is 10.4 Å². The van der Waals surface area contributed by atoms with Crippen molar-refractivity contribution in [2.24, 2.45) is 7.05 Å². The lowest BCUT2D eigenvalue weighted by Gasteiger charge is -1.99. The molecule has 2 aromatic rings. The normalized spacial score (nSPS) is 10.4. The van der Waals surface area contributed by atoms with Gasteiger partial charge in [0, 0.05) is 7.05 Å². The molecule has 16 heavy (non-hydrogen) atoms. The van der Waals surface area contributed by atoms with Crippen LogP contribution in [-0.4, -0.2) is 9.55 Å². The van der Waals surface area contributed by atoms with Crippen LogP contribution in [0.5, 0.6) is 0 Å². The van der Waals surface area contributed by atoms with Crippen LogP contribution >= 0.6 is 15.9 Å². The van der Waals surface area contributed by atoms with Gasteiger partial charge in [0.05, 0.1) is 11.4 Å². The van der Waals surface area contributed by atoms with Crippen molar-refractivity contribution in [3.63, 3.8) is 0 Å². The van der Waals surface area contributed by atoms with E-state index < -0.39 is 0 Å². The molecule has 0 unspecified atom stereocenters. The zero-order valence-corrected chi connectivity index (χ0v) is 10.5. The maximum Gasteiger partial charge on any atom is 0.177 e. The molecule has 2 rings (SSSR count). The minimum atomic E-state index is 0.686. The summed E-state index contributed by atoms with van der Waals surface area (Å²) in [6.07, 6.45) is 3.46. The average molecular weight is 279 g/mol. The standard InChI is InChI=1S/C12H11BrN2O/c1-4-8-9(5-2)15(3)12(14-8)10-6-7-11(13)16-10/h4-7H,1-2H2,3H3. The van der Waals surface area contributed by atoms with Gasteiger partial charge < -0.3 is 8.98 Å². The zero-order valence-electron chi connectivity index (χ0n) is 8.90. The third-order valence-corrected chi connectivity index (χ3v) is 2.77. The molecule has 0 N–H and O–H groups in total. The van der Waals surface area contributed by atoms with Gasteiger partial charge in [0.15, 0.2) is 16.3 Å². The molecule has 0 fully saturated rings. The summed E-state index contributed by atoms with van der Waals surface area (Å²) in [7, 11) is 1.92. The van der Waals surface area contributed by atoms with E-state index in [0.717, 1.165) is 17.2 Å². The van der Waals surface area contributed by atoms with Crippen molar-refractivity contribution in [3.8, 4) is 11.6 Å². The second kappa shape index (κ2) is 4.14. The van der Waals surface area contributed by atoms with Gasteiger partial charge in [-0.25, -0.2) is 4.98 Å². The van der Waals surface area contributed by atoms with Crippen LogP contribution in [0.2, 0.25) is 0 Å². The van der Waals surface area contributed by atoms with Crippen LogP contribution in [0, 0.1) is 0 Å². The van der Waals surface area contributed by atoms with Crippen LogP contribution in [0.3, 0.4) is 0 Å². The van der Waals surface area contributed by atoms with Gasteiger partial charge in [0.2, 0.25) is 0 Å². The van der Waals surface area contributed by atoms with Crippen LogP contribution in [0.25, 0.3) is 23.7 Å². The Morgan fingerprint density at radius 3 is 2.56 bits per heavy atom. The summed E-state index contributed by atoms with van der Waals surface area (Å²) in [4.78, 5) is 4.44. The number of hydrogen-bond donors (Lipinski definition) is 0. The summed E-state index contributed by atoms with van der Waals surface area (Å²) < 4.78 is 8.08. The summed E-state index contributed by atoms with van der Waals surface area (Å²) in [5.41, 5.74) is 1.73. The predicted octanol–water partition coefficient (Wildman–Crippen LogP) is 3.73. The summed E-state index contributed by atoms with van der Waals surface area (Å²) >= 11 is 3.27. The van der Waals surface area contributed by atoms with E-state index in [2.05, 4.69) is 34.1 Å². The first-order valence-electron chi connectivity index (χ1n) is 4.74. The Morgan fingerprint density at radius 1 is 1.38 bits per heavy atom. The van der Waals surface area contributed by atoms with Crippen LogP contribution in [0.1, 0.15) is 11.4 Å². The van der Waals surface area contributed by atoms with Crippen molar-refractivity contribution in [2.45, 2.75) is 0 Å². The van der Waals surface area contributed by atoms with Gasteiger partial charge in [-0.05, 0) is 40.2 Å². The molecule has 0 aliphatic heterocycles. The molecular weight excluding hydrogens is 268 g/mol. The molecule has 0 aromatic carbocycles. The number of halogens is 1. The topological polar surface area (TPSA) is 31.0 Å². The first kappa shape index (κ1) is 11.0. The number of imidazole rings is 1. The van der Waals surface area contributed by atoms with Gasteiger partial charge in [0.25, 0.3) is 0 Å². The van der Waals surface area contributed by atoms with Crippen molar-refractivity contribution in [3.05, 3.63) is 41.3 Å². The molecule has 0 saturated carbocycles. The average Bonchev–Trinajstić information content (AvgIpc) is 2.82. The van der Waals surface area contributed by atoms with Gasteiger partial charge in [0.1, 0.15) is 0 Å². The quantitative estimate of drug-likeness (QED) is 0.857. The molecule has 0 saturated heterocycles. The molecule has 0 radical (unpaired) electrons. The minimum absolute atomic E-state index is 0.686. The van der Waals surface area contributed by atoms with Crippen molar-refractivity contribution in [2.75, 3.05) is 0 Å². The second-order valence-electron chi connectivity index (χ2n) is 3.28. The highest BCUT2D eigenvalue weighted by atomic mass is 79.9. The molecule has 0 amide bonds. The van der Waals surface area contributed by atoms with Gasteiger partial charge in [-0.15, -0.1) is 0 Å². The van der Waals surface area contributed by atoms with E-state index in [-0.39, 0.29) is 0 Å². The lowest BCUT2D eigenvalue weighted by molar-refractivity contribution is 0.548. The fourth-order valence-electron chi connectivity index (χ4n) is 1.58. The molecule has 4 heteroatoms. The lowest BCUT2D eigenvalue weighted by atomic mass is 10.3. The summed E-state index contributed by atoms with van der Waals surface area (Å²) in [5.74, 6) is 1.47. The number of nitrogens with zero attached hydrogens (tertiary/aromatic N) is 2. The summed E-state index contributed by atoms with van der Waals surface area (Å²) in [6.45, 7) is 7.49. The van der Waals surface area contributed by atoms with Crippen molar-refractivity contribution < 1.29 is 4.42 Å². The molecule has 2 aromatic heterocycles. The van der Waals surface area contributed by atoms with Gasteiger partial charge in [-0.2, -0.15) is 0 Å². The number of aromatic nitrogens is 2. The molecule has 0 spiro atoms. The Hall–Kier alpha value is -1.55. The first-order chi connectivity index (χ1) is 7.67. The first-order valence-corrected chi connectivity index (χ1v) is 5.54. The Morgan fingerprint density at radius 2 is 2.12 bits per heavy atom. The van der Waals surface area contributed by atoms with E-state index in [1.54, 1.807) is 12.2 Å². The Balaban J connectivity index is 2.62. The van der Waals surface area contributed by atoms with Crippen molar-refractivity contribution in [1.82, 2.24) is 9.55 Å². The summed E-state index contributed by atoms with van der Waals surface area (Å²) in [5, 5.41) is 0. The molecule has 82 valence electrons. The molecule has 3 nitrogen and oxygen atoms in total. The predicted molar refractivity (Wildman–Crippen MR) is 68.8 cm³/mol. The van der Waals surface area contributed by atoms with Crippen molar-refractivity contribution in [1.29, 1.82) is 0 Å². The van der Waals surface area contributed by atoms with Gasteiger partial charge in [-0.3, -0.25) is 0 Å². The molecule has 0 bridgehead atoms. The second-order valence-corrected chi connectivity index (χ2v) is 4.06. The Labute approximate surface area is 102 Å². The molecule has 0 aliphatic rings. The molecular formula is C12H11BrN2O. The highest BCUT2D eigenvalue weighted by Crippen LogP contribution is 2.26. The third-order valence-electron chi connectivity index (χ3n) is 2.35. The van der Waals surface area contributed by atoms with Crippen LogP contribution in [0.15, 0.2) is 34.4 Å². The lowest BCUT2D eigenvalue weighted by Crippen LogP contribution is -1.93. The van der Waals surface area contributed by atoms with Crippen molar-refractivity contribution >= 4 is 28.1 Å². The van der Waals surface area contributed by atoms with Crippen LogP contribution in [0.4, 0.5) is 0 Å². The van der Waals surface area contributed by atoms with Gasteiger partial charge >= 0.3 is 0 Å². The largest absolute Gasteiger partial charge is 0.446 e. The molecule has 0 atom stereocenters. The van der Waals surface area contributed by atoms with E-state index in [4.69, 9.17) is 4.42 Å². The van der Waals surface area contributed by atoms with Crippen LogP contribution in [-0.2, 0) is 7.05 Å². The number of rotatable bonds is 3. The molecule has 2 heterocycles. The highest BCUT2D eigenvalue weighted by Gasteiger charge is 2.14. The zero-order chi connectivity index (χ0) is 11.7. The molecule has 0 aliphatic carbocycles. The third kappa shape index (κ3) is 1.65. The SMILES string of the molecule is C=Cc1nc(-c2ccc(Br)o2)n(C)c1C=C. The fraction of sp³-hybridized carbons (Fsp3) is 0.0833. The van der Waals surface area contributed by atoms with Crippen LogP contribution < -0.4 is 0 Å². The fourth-order valence-corrected chi connectivity index (χ4v) is 1.89. The number of hydrogen-bond acceptors (Lipinski definition) is 2. The Kier molecular flexibility index (Phi) is 2.83. The maximum absolute atomic E-state index is 5.47. The summed E-state index contributed by atoms with van der Waals surface area (Å²) in [6, 6.07) is 3.71. The van der Waals surface area contributed by atoms with E-state index in [1.165, 1.54) is 0 Å². The maximum atomic E-state index is 5.47. The smallest absolute Gasteiger partial charge is 0.177 e. The number of furan rings is 1. The van der Waals surface area contributed by atoms with E-state index in [1.807, 2.05) is 23.7 Å². The monoisotopic (exact) mass is 278 g/mol. The minimum Gasteiger partial charge on any atom is -0.446 e. The van der Waals surface area contributed by atoms with E-state index in [9.17, 15) is 0 Å². The van der Waals surface area contributed by atoms with Gasteiger partial charge in [-0.1, -0.05) is 13.2 Å².